The summed E-state index contributed by atoms with van der Waals surface area (Å²) in [6.45, 7) is 6.85. The molecule has 10 heteroatoms. The van der Waals surface area contributed by atoms with Gasteiger partial charge in [0.2, 0.25) is 5.95 Å². The molecule has 1 N–H and O–H groups in total. The molecule has 3 aromatic heterocycles. The van der Waals surface area contributed by atoms with Crippen LogP contribution in [0.25, 0.3) is 11.2 Å². The van der Waals surface area contributed by atoms with Gasteiger partial charge in [0.25, 0.3) is 0 Å². The summed E-state index contributed by atoms with van der Waals surface area (Å²) in [5.74, 6) is 2.55. The second kappa shape index (κ2) is 11.3. The third-order valence-electron chi connectivity index (χ3n) is 8.42. The Morgan fingerprint density at radius 2 is 1.52 bits per heavy atom. The molecule has 0 unspecified atom stereocenters. The van der Waals surface area contributed by atoms with Crippen LogP contribution in [-0.4, -0.2) is 77.0 Å². The average Bonchev–Trinajstić information content (AvgIpc) is 3.47. The number of hydrogen-bond donors (Lipinski definition) is 1. The largest absolute Gasteiger partial charge is 0.378 e. The molecule has 1 aliphatic carbocycles. The van der Waals surface area contributed by atoms with E-state index < -0.39 is 0 Å². The van der Waals surface area contributed by atoms with Crippen LogP contribution in [0.4, 0.5) is 29.0 Å². The van der Waals surface area contributed by atoms with Gasteiger partial charge in [-0.25, -0.2) is 9.97 Å². The molecule has 208 valence electrons. The first kappa shape index (κ1) is 25.1. The molecular weight excluding hydrogens is 502 g/mol. The number of fused-ring (bicyclic) bond motifs is 1. The number of ether oxygens (including phenoxy) is 1. The van der Waals surface area contributed by atoms with Crippen molar-refractivity contribution in [3.05, 3.63) is 55.0 Å². The number of imidazole rings is 1. The van der Waals surface area contributed by atoms with Crippen molar-refractivity contribution in [3.8, 4) is 0 Å². The SMILES string of the molecule is c1ccc(N2CCN(c3nc(Nc4ccc(N5CCOCC5)cc4)c4ncn(C5CCCCC5)c4n3)CC2)nc1. The van der Waals surface area contributed by atoms with E-state index in [0.29, 0.717) is 6.04 Å². The van der Waals surface area contributed by atoms with Crippen LogP contribution in [0.1, 0.15) is 38.1 Å². The molecule has 2 aliphatic heterocycles. The maximum atomic E-state index is 5.51. The zero-order valence-electron chi connectivity index (χ0n) is 23.0. The number of nitrogens with zero attached hydrogens (tertiary/aromatic N) is 8. The van der Waals surface area contributed by atoms with E-state index in [0.717, 1.165) is 86.9 Å². The Bertz CT molecular complexity index is 1400. The van der Waals surface area contributed by atoms with E-state index in [1.54, 1.807) is 0 Å². The van der Waals surface area contributed by atoms with Crippen molar-refractivity contribution in [1.82, 2.24) is 24.5 Å². The molecule has 10 nitrogen and oxygen atoms in total. The topological polar surface area (TPSA) is 87.5 Å². The predicted octanol–water partition coefficient (Wildman–Crippen LogP) is 4.63. The summed E-state index contributed by atoms with van der Waals surface area (Å²) < 4.78 is 7.82. The molecule has 5 heterocycles. The third-order valence-corrected chi connectivity index (χ3v) is 8.42. The zero-order chi connectivity index (χ0) is 26.7. The summed E-state index contributed by atoms with van der Waals surface area (Å²) in [6.07, 6.45) is 10.0. The Balaban J connectivity index is 1.17. The molecule has 2 saturated heterocycles. The lowest BCUT2D eigenvalue weighted by Crippen LogP contribution is -2.47. The van der Waals surface area contributed by atoms with Crippen molar-refractivity contribution >= 4 is 40.1 Å². The van der Waals surface area contributed by atoms with E-state index in [4.69, 9.17) is 19.7 Å². The summed E-state index contributed by atoms with van der Waals surface area (Å²) in [7, 11) is 0. The Hall–Kier alpha value is -3.92. The summed E-state index contributed by atoms with van der Waals surface area (Å²) in [6, 6.07) is 15.1. The number of benzene rings is 1. The highest BCUT2D eigenvalue weighted by Gasteiger charge is 2.25. The van der Waals surface area contributed by atoms with E-state index in [1.807, 2.05) is 24.7 Å². The Morgan fingerprint density at radius 3 is 2.27 bits per heavy atom. The van der Waals surface area contributed by atoms with Gasteiger partial charge in [-0.2, -0.15) is 9.97 Å². The number of anilines is 5. The molecule has 1 aromatic carbocycles. The van der Waals surface area contributed by atoms with Gasteiger partial charge >= 0.3 is 0 Å². The van der Waals surface area contributed by atoms with Gasteiger partial charge in [0.15, 0.2) is 17.0 Å². The maximum Gasteiger partial charge on any atom is 0.229 e. The molecule has 0 bridgehead atoms. The number of rotatable bonds is 6. The minimum Gasteiger partial charge on any atom is -0.378 e. The van der Waals surface area contributed by atoms with Crippen LogP contribution in [0.5, 0.6) is 0 Å². The van der Waals surface area contributed by atoms with E-state index in [9.17, 15) is 0 Å². The fraction of sp³-hybridized carbons (Fsp3) is 0.467. The average molecular weight is 540 g/mol. The van der Waals surface area contributed by atoms with Gasteiger partial charge in [-0.1, -0.05) is 25.3 Å². The molecular formula is C30H37N9O. The van der Waals surface area contributed by atoms with Gasteiger partial charge < -0.3 is 29.3 Å². The minimum absolute atomic E-state index is 0.447. The monoisotopic (exact) mass is 539 g/mol. The number of hydrogen-bond acceptors (Lipinski definition) is 9. The standard InChI is InChI=1S/C30H37N9O/c1-2-6-25(7-3-1)39-22-32-27-28(33-23-9-11-24(12-10-23)36-18-20-40-21-19-36)34-30(35-29(27)39)38-16-14-37(15-17-38)26-8-4-5-13-31-26/h4-5,8-13,22,25H,1-3,6-7,14-21H2,(H,33,34,35). The lowest BCUT2D eigenvalue weighted by atomic mass is 9.95. The van der Waals surface area contributed by atoms with Gasteiger partial charge in [-0.15, -0.1) is 0 Å². The van der Waals surface area contributed by atoms with Crippen LogP contribution < -0.4 is 20.0 Å². The van der Waals surface area contributed by atoms with Crippen molar-refractivity contribution in [3.63, 3.8) is 0 Å². The van der Waals surface area contributed by atoms with Gasteiger partial charge in [0.05, 0.1) is 19.5 Å². The minimum atomic E-state index is 0.447. The molecule has 0 radical (unpaired) electrons. The molecule has 0 spiro atoms. The fourth-order valence-electron chi connectivity index (χ4n) is 6.15. The van der Waals surface area contributed by atoms with Crippen LogP contribution >= 0.6 is 0 Å². The molecule has 3 fully saturated rings. The summed E-state index contributed by atoms with van der Waals surface area (Å²) in [4.78, 5) is 26.6. The number of pyridine rings is 1. The zero-order valence-corrected chi connectivity index (χ0v) is 23.0. The van der Waals surface area contributed by atoms with Crippen molar-refractivity contribution in [2.45, 2.75) is 38.1 Å². The number of nitrogens with one attached hydrogen (secondary N) is 1. The lowest BCUT2D eigenvalue weighted by molar-refractivity contribution is 0.122. The van der Waals surface area contributed by atoms with E-state index in [1.165, 1.54) is 37.8 Å². The molecule has 1 saturated carbocycles. The van der Waals surface area contributed by atoms with Gasteiger partial charge in [-0.05, 0) is 49.2 Å². The molecule has 0 amide bonds. The third kappa shape index (κ3) is 5.15. The maximum absolute atomic E-state index is 5.51. The normalized spacial score (nSPS) is 18.9. The van der Waals surface area contributed by atoms with E-state index in [-0.39, 0.29) is 0 Å². The van der Waals surface area contributed by atoms with Crippen LogP contribution in [0.3, 0.4) is 0 Å². The van der Waals surface area contributed by atoms with Crippen molar-refractivity contribution in [2.75, 3.05) is 72.5 Å². The second-order valence-electron chi connectivity index (χ2n) is 10.9. The van der Waals surface area contributed by atoms with Gasteiger partial charge in [0.1, 0.15) is 5.82 Å². The van der Waals surface area contributed by atoms with E-state index in [2.05, 4.69) is 59.9 Å². The highest BCUT2D eigenvalue weighted by atomic mass is 16.5. The fourth-order valence-corrected chi connectivity index (χ4v) is 6.15. The molecule has 4 aromatic rings. The molecule has 3 aliphatic rings. The first-order chi connectivity index (χ1) is 19.8. The van der Waals surface area contributed by atoms with E-state index >= 15 is 0 Å². The van der Waals surface area contributed by atoms with Crippen molar-refractivity contribution < 1.29 is 4.74 Å². The highest BCUT2D eigenvalue weighted by Crippen LogP contribution is 2.33. The van der Waals surface area contributed by atoms with Crippen LogP contribution in [0.15, 0.2) is 55.0 Å². The van der Waals surface area contributed by atoms with Gasteiger partial charge in [0, 0.05) is 62.9 Å². The second-order valence-corrected chi connectivity index (χ2v) is 10.9. The Labute approximate surface area is 235 Å². The summed E-state index contributed by atoms with van der Waals surface area (Å²) in [5, 5.41) is 3.59. The van der Waals surface area contributed by atoms with Crippen molar-refractivity contribution in [2.24, 2.45) is 0 Å². The number of morpholine rings is 1. The Morgan fingerprint density at radius 1 is 0.750 bits per heavy atom. The van der Waals surface area contributed by atoms with Crippen molar-refractivity contribution in [1.29, 1.82) is 0 Å². The number of aromatic nitrogens is 5. The number of piperazine rings is 1. The van der Waals surface area contributed by atoms with Crippen LogP contribution in [-0.2, 0) is 4.74 Å². The van der Waals surface area contributed by atoms with Crippen LogP contribution in [0, 0.1) is 0 Å². The first-order valence-corrected chi connectivity index (χ1v) is 14.7. The quantitative estimate of drug-likeness (QED) is 0.377. The summed E-state index contributed by atoms with van der Waals surface area (Å²) >= 11 is 0. The lowest BCUT2D eigenvalue weighted by Gasteiger charge is -2.35. The summed E-state index contributed by atoms with van der Waals surface area (Å²) in [5.41, 5.74) is 3.97. The molecule has 40 heavy (non-hydrogen) atoms. The van der Waals surface area contributed by atoms with Crippen LogP contribution in [0.2, 0.25) is 0 Å². The molecule has 0 atom stereocenters. The molecule has 7 rings (SSSR count). The predicted molar refractivity (Wildman–Crippen MR) is 159 cm³/mol. The Kier molecular flexibility index (Phi) is 7.08. The van der Waals surface area contributed by atoms with Gasteiger partial charge in [-0.3, -0.25) is 0 Å². The smallest absolute Gasteiger partial charge is 0.229 e. The first-order valence-electron chi connectivity index (χ1n) is 14.7. The highest BCUT2D eigenvalue weighted by molar-refractivity contribution is 5.87.